The highest BCUT2D eigenvalue weighted by Crippen LogP contribution is 2.22. The van der Waals surface area contributed by atoms with Gasteiger partial charge in [0.1, 0.15) is 0 Å². The monoisotopic (exact) mass is 265 g/mol. The number of hydrogen-bond donors (Lipinski definition) is 1. The maximum atomic E-state index is 12.4. The minimum Gasteiger partial charge on any atom is -0.313 e. The zero-order valence-corrected chi connectivity index (χ0v) is 11.2. The first kappa shape index (κ1) is 13.0. The van der Waals surface area contributed by atoms with E-state index in [0.717, 1.165) is 0 Å². The Morgan fingerprint density at radius 1 is 1.44 bits per heavy atom. The summed E-state index contributed by atoms with van der Waals surface area (Å²) in [6.07, 6.45) is 0. The molecule has 0 unspecified atom stereocenters. The van der Waals surface area contributed by atoms with Crippen molar-refractivity contribution < 1.29 is 8.42 Å². The number of nitrogens with one attached hydrogen (secondary N) is 1. The van der Waals surface area contributed by atoms with Crippen LogP contribution in [0, 0.1) is 18.3 Å². The maximum absolute atomic E-state index is 12.4. The van der Waals surface area contributed by atoms with Gasteiger partial charge in [-0.15, -0.1) is 0 Å². The van der Waals surface area contributed by atoms with Gasteiger partial charge < -0.3 is 5.32 Å². The summed E-state index contributed by atoms with van der Waals surface area (Å²) in [7, 11) is -1.94. The van der Waals surface area contributed by atoms with Crippen molar-refractivity contribution in [1.82, 2.24) is 9.62 Å². The summed E-state index contributed by atoms with van der Waals surface area (Å²) in [6, 6.07) is 6.69. The fourth-order valence-electron chi connectivity index (χ4n) is 1.83. The molecule has 1 N–H and O–H groups in total. The Kier molecular flexibility index (Phi) is 3.39. The van der Waals surface area contributed by atoms with Gasteiger partial charge >= 0.3 is 0 Å². The molecule has 1 heterocycles. The number of aryl methyl sites for hydroxylation is 1. The smallest absolute Gasteiger partial charge is 0.243 e. The number of nitrogens with zero attached hydrogens (tertiary/aromatic N) is 2. The first-order valence-electron chi connectivity index (χ1n) is 5.66. The van der Waals surface area contributed by atoms with E-state index < -0.39 is 10.0 Å². The molecule has 0 radical (unpaired) electrons. The van der Waals surface area contributed by atoms with E-state index in [9.17, 15) is 8.42 Å². The van der Waals surface area contributed by atoms with Crippen LogP contribution in [0.5, 0.6) is 0 Å². The lowest BCUT2D eigenvalue weighted by Crippen LogP contribution is -2.57. The van der Waals surface area contributed by atoms with E-state index in [2.05, 4.69) is 5.32 Å². The fourth-order valence-corrected chi connectivity index (χ4v) is 3.43. The molecule has 1 aromatic rings. The third kappa shape index (κ3) is 2.12. The van der Waals surface area contributed by atoms with Gasteiger partial charge in [0.05, 0.1) is 16.5 Å². The summed E-state index contributed by atoms with van der Waals surface area (Å²) in [6.45, 7) is 3.08. The zero-order valence-electron chi connectivity index (χ0n) is 10.3. The standard InChI is InChI=1S/C12H15N3O2S/c1-9-3-4-10(6-13)5-12(9)18(16,17)15(2)11-7-14-8-11/h3-5,11,14H,7-8H2,1-2H3. The summed E-state index contributed by atoms with van der Waals surface area (Å²) in [5.41, 5.74) is 1.02. The number of sulfonamides is 1. The molecule has 1 aliphatic heterocycles. The molecule has 6 heteroatoms. The van der Waals surface area contributed by atoms with E-state index in [-0.39, 0.29) is 10.9 Å². The molecule has 0 bridgehead atoms. The highest BCUT2D eigenvalue weighted by atomic mass is 32.2. The zero-order chi connectivity index (χ0) is 13.3. The van der Waals surface area contributed by atoms with E-state index in [1.807, 2.05) is 6.07 Å². The summed E-state index contributed by atoms with van der Waals surface area (Å²) in [4.78, 5) is 0.218. The second-order valence-corrected chi connectivity index (χ2v) is 6.39. The van der Waals surface area contributed by atoms with Gasteiger partial charge in [0.25, 0.3) is 0 Å². The molecule has 1 saturated heterocycles. The maximum Gasteiger partial charge on any atom is 0.243 e. The fraction of sp³-hybridized carbons (Fsp3) is 0.417. The number of rotatable bonds is 3. The summed E-state index contributed by atoms with van der Waals surface area (Å²) >= 11 is 0. The minimum atomic E-state index is -3.52. The van der Waals surface area contributed by atoms with Crippen molar-refractivity contribution in [3.05, 3.63) is 29.3 Å². The molecular formula is C12H15N3O2S. The molecule has 0 atom stereocenters. The van der Waals surface area contributed by atoms with Crippen LogP contribution in [0.3, 0.4) is 0 Å². The number of hydrogen-bond acceptors (Lipinski definition) is 4. The predicted molar refractivity (Wildman–Crippen MR) is 67.5 cm³/mol. The summed E-state index contributed by atoms with van der Waals surface area (Å²) in [5.74, 6) is 0. The predicted octanol–water partition coefficient (Wildman–Crippen LogP) is 0.459. The first-order valence-corrected chi connectivity index (χ1v) is 7.10. The van der Waals surface area contributed by atoms with Crippen LogP contribution in [0.1, 0.15) is 11.1 Å². The molecular weight excluding hydrogens is 250 g/mol. The Bertz CT molecular complexity index is 600. The molecule has 18 heavy (non-hydrogen) atoms. The van der Waals surface area contributed by atoms with Gasteiger partial charge in [0.2, 0.25) is 10.0 Å². The first-order chi connectivity index (χ1) is 8.46. The van der Waals surface area contributed by atoms with Crippen molar-refractivity contribution in [2.24, 2.45) is 0 Å². The molecule has 0 saturated carbocycles. The van der Waals surface area contributed by atoms with Gasteiger partial charge in [0, 0.05) is 26.2 Å². The van der Waals surface area contributed by atoms with Crippen molar-refractivity contribution >= 4 is 10.0 Å². The van der Waals surface area contributed by atoms with E-state index in [4.69, 9.17) is 5.26 Å². The van der Waals surface area contributed by atoms with Crippen LogP contribution in [-0.4, -0.2) is 38.9 Å². The summed E-state index contributed by atoms with van der Waals surface area (Å²) in [5, 5.41) is 11.9. The summed E-state index contributed by atoms with van der Waals surface area (Å²) < 4.78 is 26.3. The molecule has 96 valence electrons. The molecule has 1 aromatic carbocycles. The van der Waals surface area contributed by atoms with E-state index in [0.29, 0.717) is 24.2 Å². The Morgan fingerprint density at radius 3 is 2.61 bits per heavy atom. The van der Waals surface area contributed by atoms with Gasteiger partial charge in [-0.05, 0) is 24.6 Å². The van der Waals surface area contributed by atoms with E-state index >= 15 is 0 Å². The van der Waals surface area contributed by atoms with Gasteiger partial charge in [0.15, 0.2) is 0 Å². The minimum absolute atomic E-state index is 0.000131. The molecule has 5 nitrogen and oxygen atoms in total. The van der Waals surface area contributed by atoms with E-state index in [1.165, 1.54) is 10.4 Å². The molecule has 0 aromatic heterocycles. The quantitative estimate of drug-likeness (QED) is 0.861. The van der Waals surface area contributed by atoms with Crippen molar-refractivity contribution in [2.75, 3.05) is 20.1 Å². The van der Waals surface area contributed by atoms with Gasteiger partial charge in [-0.25, -0.2) is 8.42 Å². The molecule has 0 spiro atoms. The average Bonchev–Trinajstić information content (AvgIpc) is 2.27. The largest absolute Gasteiger partial charge is 0.313 e. The van der Waals surface area contributed by atoms with Crippen LogP contribution in [0.4, 0.5) is 0 Å². The molecule has 1 fully saturated rings. The van der Waals surface area contributed by atoms with Crippen molar-refractivity contribution in [2.45, 2.75) is 17.9 Å². The second kappa shape index (κ2) is 4.69. The lowest BCUT2D eigenvalue weighted by molar-refractivity contribution is 0.274. The van der Waals surface area contributed by atoms with Crippen LogP contribution in [0.15, 0.2) is 23.1 Å². The Labute approximate surface area is 107 Å². The average molecular weight is 265 g/mol. The molecule has 0 amide bonds. The van der Waals surface area contributed by atoms with Crippen LogP contribution in [0.25, 0.3) is 0 Å². The van der Waals surface area contributed by atoms with Crippen LogP contribution >= 0.6 is 0 Å². The van der Waals surface area contributed by atoms with Crippen LogP contribution in [-0.2, 0) is 10.0 Å². The Hall–Kier alpha value is -1.42. The number of nitriles is 1. The highest BCUT2D eigenvalue weighted by molar-refractivity contribution is 7.89. The Balaban J connectivity index is 2.43. The lowest BCUT2D eigenvalue weighted by Gasteiger charge is -2.34. The van der Waals surface area contributed by atoms with Crippen LogP contribution in [0.2, 0.25) is 0 Å². The van der Waals surface area contributed by atoms with E-state index in [1.54, 1.807) is 26.1 Å². The van der Waals surface area contributed by atoms with Crippen molar-refractivity contribution in [3.8, 4) is 6.07 Å². The highest BCUT2D eigenvalue weighted by Gasteiger charge is 2.32. The number of benzene rings is 1. The number of likely N-dealkylation sites (N-methyl/N-ethyl adjacent to an activating group) is 1. The van der Waals surface area contributed by atoms with Crippen LogP contribution < -0.4 is 5.32 Å². The third-order valence-electron chi connectivity index (χ3n) is 3.25. The topological polar surface area (TPSA) is 73.2 Å². The molecule has 1 aliphatic rings. The van der Waals surface area contributed by atoms with Gasteiger partial charge in [-0.3, -0.25) is 0 Å². The van der Waals surface area contributed by atoms with Gasteiger partial charge in [-0.1, -0.05) is 6.07 Å². The normalized spacial score (nSPS) is 16.3. The van der Waals surface area contributed by atoms with Crippen molar-refractivity contribution in [1.29, 1.82) is 5.26 Å². The third-order valence-corrected chi connectivity index (χ3v) is 5.30. The molecule has 2 rings (SSSR count). The lowest BCUT2D eigenvalue weighted by atomic mass is 10.2. The SMILES string of the molecule is Cc1ccc(C#N)cc1S(=O)(=O)N(C)C1CNC1. The van der Waals surface area contributed by atoms with Crippen molar-refractivity contribution in [3.63, 3.8) is 0 Å². The molecule has 0 aliphatic carbocycles. The Morgan fingerprint density at radius 2 is 2.11 bits per heavy atom. The second-order valence-electron chi connectivity index (χ2n) is 4.43. The van der Waals surface area contributed by atoms with Gasteiger partial charge in [-0.2, -0.15) is 9.57 Å².